The van der Waals surface area contributed by atoms with E-state index in [-0.39, 0.29) is 5.56 Å². The molecule has 1 aliphatic rings. The van der Waals surface area contributed by atoms with Crippen molar-refractivity contribution in [1.29, 1.82) is 0 Å². The molecule has 100 valence electrons. The van der Waals surface area contributed by atoms with Gasteiger partial charge in [0.1, 0.15) is 5.82 Å². The lowest BCUT2D eigenvalue weighted by Crippen LogP contribution is -2.41. The van der Waals surface area contributed by atoms with E-state index in [1.807, 2.05) is 18.2 Å². The van der Waals surface area contributed by atoms with E-state index in [2.05, 4.69) is 20.4 Å². The van der Waals surface area contributed by atoms with Crippen LogP contribution in [-0.4, -0.2) is 28.1 Å². The van der Waals surface area contributed by atoms with Crippen molar-refractivity contribution in [2.75, 3.05) is 13.1 Å². The average molecular weight is 258 g/mol. The normalized spacial score (nSPS) is 16.8. The first-order valence-corrected chi connectivity index (χ1v) is 6.79. The minimum Gasteiger partial charge on any atom is -0.309 e. The molecule has 2 heterocycles. The largest absolute Gasteiger partial charge is 0.309 e. The van der Waals surface area contributed by atoms with Gasteiger partial charge >= 0.3 is 0 Å². The van der Waals surface area contributed by atoms with E-state index in [9.17, 15) is 4.79 Å². The number of hydrazine groups is 1. The summed E-state index contributed by atoms with van der Waals surface area (Å²) in [7, 11) is 0. The van der Waals surface area contributed by atoms with Crippen molar-refractivity contribution < 1.29 is 0 Å². The minimum absolute atomic E-state index is 0.0685. The fourth-order valence-corrected chi connectivity index (χ4v) is 2.46. The Morgan fingerprint density at radius 3 is 2.84 bits per heavy atom. The zero-order valence-corrected chi connectivity index (χ0v) is 10.9. The molecule has 3 rings (SSSR count). The van der Waals surface area contributed by atoms with Crippen LogP contribution in [0, 0.1) is 0 Å². The molecule has 0 aliphatic carbocycles. The Balaban J connectivity index is 1.75. The zero-order chi connectivity index (χ0) is 13.1. The third-order valence-corrected chi connectivity index (χ3v) is 3.49. The SMILES string of the molecule is O=c1[nH]c(CNN2CCCCC2)nc2ccccc12. The number of para-hydroxylation sites is 1. The fraction of sp³-hybridized carbons (Fsp3) is 0.429. The number of hydrogen-bond donors (Lipinski definition) is 2. The Labute approximate surface area is 111 Å². The van der Waals surface area contributed by atoms with Gasteiger partial charge in [-0.25, -0.2) is 15.4 Å². The highest BCUT2D eigenvalue weighted by atomic mass is 16.1. The van der Waals surface area contributed by atoms with E-state index in [4.69, 9.17) is 0 Å². The molecule has 1 aliphatic heterocycles. The maximum absolute atomic E-state index is 11.9. The van der Waals surface area contributed by atoms with Gasteiger partial charge in [0.15, 0.2) is 0 Å². The zero-order valence-electron chi connectivity index (χ0n) is 10.9. The molecule has 1 saturated heterocycles. The van der Waals surface area contributed by atoms with Crippen LogP contribution in [0.1, 0.15) is 25.1 Å². The van der Waals surface area contributed by atoms with E-state index < -0.39 is 0 Å². The van der Waals surface area contributed by atoms with Crippen molar-refractivity contribution in [3.05, 3.63) is 40.4 Å². The van der Waals surface area contributed by atoms with Crippen molar-refractivity contribution in [2.45, 2.75) is 25.8 Å². The monoisotopic (exact) mass is 258 g/mol. The number of hydrogen-bond acceptors (Lipinski definition) is 4. The maximum atomic E-state index is 11.9. The van der Waals surface area contributed by atoms with Crippen molar-refractivity contribution in [2.24, 2.45) is 0 Å². The number of nitrogens with one attached hydrogen (secondary N) is 2. The van der Waals surface area contributed by atoms with Gasteiger partial charge in [-0.2, -0.15) is 0 Å². The molecule has 1 aromatic carbocycles. The van der Waals surface area contributed by atoms with Crippen molar-refractivity contribution >= 4 is 10.9 Å². The molecule has 5 heteroatoms. The highest BCUT2D eigenvalue weighted by molar-refractivity contribution is 5.77. The van der Waals surface area contributed by atoms with Crippen LogP contribution in [0.2, 0.25) is 0 Å². The Hall–Kier alpha value is -1.72. The molecule has 19 heavy (non-hydrogen) atoms. The molecule has 0 bridgehead atoms. The molecular formula is C14H18N4O. The van der Waals surface area contributed by atoms with Crippen LogP contribution in [-0.2, 0) is 6.54 Å². The van der Waals surface area contributed by atoms with Gasteiger partial charge in [0, 0.05) is 13.1 Å². The van der Waals surface area contributed by atoms with Crippen molar-refractivity contribution in [1.82, 2.24) is 20.4 Å². The predicted molar refractivity (Wildman–Crippen MR) is 74.6 cm³/mol. The molecule has 0 spiro atoms. The Kier molecular flexibility index (Phi) is 3.57. The van der Waals surface area contributed by atoms with Gasteiger partial charge in [0.25, 0.3) is 5.56 Å². The highest BCUT2D eigenvalue weighted by Gasteiger charge is 2.10. The molecule has 0 radical (unpaired) electrons. The number of benzene rings is 1. The lowest BCUT2D eigenvalue weighted by atomic mass is 10.2. The third kappa shape index (κ3) is 2.83. The van der Waals surface area contributed by atoms with Crippen LogP contribution in [0.15, 0.2) is 29.1 Å². The Morgan fingerprint density at radius 1 is 1.21 bits per heavy atom. The van der Waals surface area contributed by atoms with Crippen molar-refractivity contribution in [3.63, 3.8) is 0 Å². The second-order valence-electron chi connectivity index (χ2n) is 4.91. The van der Waals surface area contributed by atoms with Crippen molar-refractivity contribution in [3.8, 4) is 0 Å². The Bertz CT molecular complexity index is 616. The predicted octanol–water partition coefficient (Wildman–Crippen LogP) is 1.41. The smallest absolute Gasteiger partial charge is 0.258 e. The Morgan fingerprint density at radius 2 is 2.00 bits per heavy atom. The molecule has 0 saturated carbocycles. The second kappa shape index (κ2) is 5.50. The quantitative estimate of drug-likeness (QED) is 0.874. The van der Waals surface area contributed by atoms with Gasteiger partial charge in [0.2, 0.25) is 0 Å². The van der Waals surface area contributed by atoms with Gasteiger partial charge in [0.05, 0.1) is 17.4 Å². The number of rotatable bonds is 3. The highest BCUT2D eigenvalue weighted by Crippen LogP contribution is 2.07. The minimum atomic E-state index is -0.0685. The summed E-state index contributed by atoms with van der Waals surface area (Å²) in [5.74, 6) is 0.689. The summed E-state index contributed by atoms with van der Waals surface area (Å²) >= 11 is 0. The lowest BCUT2D eigenvalue weighted by Gasteiger charge is -2.26. The number of piperidine rings is 1. The lowest BCUT2D eigenvalue weighted by molar-refractivity contribution is 0.149. The summed E-state index contributed by atoms with van der Waals surface area (Å²) in [5, 5.41) is 2.85. The number of fused-ring (bicyclic) bond motifs is 1. The average Bonchev–Trinajstić information content (AvgIpc) is 2.46. The summed E-state index contributed by atoms with van der Waals surface area (Å²) in [6.45, 7) is 2.70. The van der Waals surface area contributed by atoms with Crippen LogP contribution in [0.5, 0.6) is 0 Å². The van der Waals surface area contributed by atoms with Gasteiger partial charge < -0.3 is 4.98 Å². The number of H-pyrrole nitrogens is 1. The van der Waals surface area contributed by atoms with E-state index in [1.165, 1.54) is 19.3 Å². The van der Waals surface area contributed by atoms with Gasteiger partial charge in [-0.1, -0.05) is 18.6 Å². The summed E-state index contributed by atoms with van der Waals surface area (Å²) in [6.07, 6.45) is 3.77. The number of nitrogens with zero attached hydrogens (tertiary/aromatic N) is 2. The number of aromatic amines is 1. The third-order valence-electron chi connectivity index (χ3n) is 3.49. The van der Waals surface area contributed by atoms with Crippen LogP contribution in [0.4, 0.5) is 0 Å². The van der Waals surface area contributed by atoms with E-state index in [0.717, 1.165) is 18.6 Å². The molecule has 1 aromatic heterocycles. The molecule has 5 nitrogen and oxygen atoms in total. The second-order valence-corrected chi connectivity index (χ2v) is 4.91. The molecule has 2 aromatic rings. The number of aromatic nitrogens is 2. The summed E-state index contributed by atoms with van der Waals surface area (Å²) < 4.78 is 0. The van der Waals surface area contributed by atoms with Gasteiger partial charge in [-0.15, -0.1) is 0 Å². The first kappa shape index (κ1) is 12.3. The van der Waals surface area contributed by atoms with Crippen LogP contribution in [0.3, 0.4) is 0 Å². The maximum Gasteiger partial charge on any atom is 0.258 e. The van der Waals surface area contributed by atoms with Crippen LogP contribution < -0.4 is 11.0 Å². The summed E-state index contributed by atoms with van der Waals surface area (Å²) in [5.41, 5.74) is 4.01. The first-order chi connectivity index (χ1) is 9.33. The summed E-state index contributed by atoms with van der Waals surface area (Å²) in [6, 6.07) is 7.42. The van der Waals surface area contributed by atoms with E-state index in [0.29, 0.717) is 17.8 Å². The topological polar surface area (TPSA) is 61.0 Å². The molecule has 0 amide bonds. The molecular weight excluding hydrogens is 240 g/mol. The van der Waals surface area contributed by atoms with E-state index in [1.54, 1.807) is 6.07 Å². The van der Waals surface area contributed by atoms with Crippen LogP contribution >= 0.6 is 0 Å². The molecule has 0 unspecified atom stereocenters. The summed E-state index contributed by atoms with van der Waals surface area (Å²) in [4.78, 5) is 19.2. The molecule has 0 atom stereocenters. The molecule has 2 N–H and O–H groups in total. The van der Waals surface area contributed by atoms with Gasteiger partial charge in [-0.3, -0.25) is 4.79 Å². The standard InChI is InChI=1S/C14H18N4O/c19-14-11-6-2-3-7-12(11)16-13(17-14)10-15-18-8-4-1-5-9-18/h2-3,6-7,15H,1,4-5,8-10H2,(H,16,17,19). The van der Waals surface area contributed by atoms with Gasteiger partial charge in [-0.05, 0) is 25.0 Å². The van der Waals surface area contributed by atoms with Crippen LogP contribution in [0.25, 0.3) is 10.9 Å². The van der Waals surface area contributed by atoms with E-state index >= 15 is 0 Å². The first-order valence-electron chi connectivity index (χ1n) is 6.79. The fourth-order valence-electron chi connectivity index (χ4n) is 2.46. The molecule has 1 fully saturated rings.